The highest BCUT2D eigenvalue weighted by molar-refractivity contribution is 5.85. The Kier molecular flexibility index (Phi) is 7.23. The van der Waals surface area contributed by atoms with Gasteiger partial charge in [-0.15, -0.1) is 24.8 Å². The SMILES string of the molecule is Cl.Cl.O=C(C1CC(F)(F)CN1)N1CCC(Cn2cccn2)CC1. The number of likely N-dealkylation sites (tertiary alicyclic amines) is 1. The molecule has 1 unspecified atom stereocenters. The Hall–Kier alpha value is -0.920. The molecule has 0 saturated carbocycles. The van der Waals surface area contributed by atoms with Gasteiger partial charge in [-0.2, -0.15) is 5.10 Å². The number of nitrogens with zero attached hydrogens (tertiary/aromatic N) is 3. The lowest BCUT2D eigenvalue weighted by Gasteiger charge is -2.33. The molecule has 1 atom stereocenters. The van der Waals surface area contributed by atoms with E-state index in [1.807, 2.05) is 16.9 Å². The first kappa shape index (κ1) is 20.1. The summed E-state index contributed by atoms with van der Waals surface area (Å²) in [6.07, 6.45) is 5.11. The number of carbonyl (C=O) groups excluding carboxylic acids is 1. The number of piperidine rings is 1. The van der Waals surface area contributed by atoms with E-state index in [0.717, 1.165) is 19.4 Å². The standard InChI is InChI=1S/C14H20F2N4O.2ClH/c15-14(16)8-12(17-10-14)13(21)19-6-2-11(3-7-19)9-20-5-1-4-18-20;;/h1,4-5,11-12,17H,2-3,6-10H2;2*1H. The summed E-state index contributed by atoms with van der Waals surface area (Å²) in [6, 6.07) is 1.17. The first-order chi connectivity index (χ1) is 10.0. The van der Waals surface area contributed by atoms with E-state index in [1.165, 1.54) is 0 Å². The number of hydrogen-bond acceptors (Lipinski definition) is 3. The maximum atomic E-state index is 13.2. The Balaban J connectivity index is 0.00000132. The van der Waals surface area contributed by atoms with E-state index < -0.39 is 12.0 Å². The van der Waals surface area contributed by atoms with Crippen LogP contribution in [0, 0.1) is 5.92 Å². The summed E-state index contributed by atoms with van der Waals surface area (Å²) in [6.45, 7) is 1.76. The van der Waals surface area contributed by atoms with Crippen LogP contribution in [0.5, 0.6) is 0 Å². The maximum Gasteiger partial charge on any atom is 0.262 e. The van der Waals surface area contributed by atoms with Gasteiger partial charge in [0.15, 0.2) is 0 Å². The van der Waals surface area contributed by atoms with Crippen LogP contribution in [0.2, 0.25) is 0 Å². The highest BCUT2D eigenvalue weighted by Crippen LogP contribution is 2.27. The third-order valence-electron chi connectivity index (χ3n) is 4.34. The average Bonchev–Trinajstić information content (AvgIpc) is 3.08. The molecule has 132 valence electrons. The molecule has 5 nitrogen and oxygen atoms in total. The van der Waals surface area contributed by atoms with Crippen molar-refractivity contribution in [3.05, 3.63) is 18.5 Å². The normalized spacial score (nSPS) is 23.9. The monoisotopic (exact) mass is 370 g/mol. The number of amides is 1. The highest BCUT2D eigenvalue weighted by Gasteiger charge is 2.43. The minimum Gasteiger partial charge on any atom is -0.341 e. The third-order valence-corrected chi connectivity index (χ3v) is 4.34. The summed E-state index contributed by atoms with van der Waals surface area (Å²) in [7, 11) is 0. The van der Waals surface area contributed by atoms with Crippen molar-refractivity contribution in [2.45, 2.75) is 37.8 Å². The van der Waals surface area contributed by atoms with Crippen LogP contribution in [0.25, 0.3) is 0 Å². The van der Waals surface area contributed by atoms with E-state index in [2.05, 4.69) is 10.4 Å². The van der Waals surface area contributed by atoms with E-state index in [-0.39, 0.29) is 43.7 Å². The zero-order valence-electron chi connectivity index (χ0n) is 12.7. The molecule has 9 heteroatoms. The predicted octanol–water partition coefficient (Wildman–Crippen LogP) is 1.96. The van der Waals surface area contributed by atoms with Gasteiger partial charge >= 0.3 is 0 Å². The smallest absolute Gasteiger partial charge is 0.262 e. The highest BCUT2D eigenvalue weighted by atomic mass is 35.5. The van der Waals surface area contributed by atoms with Crippen molar-refractivity contribution in [2.75, 3.05) is 19.6 Å². The summed E-state index contributed by atoms with van der Waals surface area (Å²) in [5.41, 5.74) is 0. The summed E-state index contributed by atoms with van der Waals surface area (Å²) in [5, 5.41) is 6.82. The number of hydrogen-bond donors (Lipinski definition) is 1. The molecule has 0 aromatic carbocycles. The van der Waals surface area contributed by atoms with Crippen molar-refractivity contribution in [1.82, 2.24) is 20.0 Å². The van der Waals surface area contributed by atoms with Gasteiger partial charge in [-0.05, 0) is 24.8 Å². The molecule has 1 aromatic heterocycles. The lowest BCUT2D eigenvalue weighted by molar-refractivity contribution is -0.135. The van der Waals surface area contributed by atoms with E-state index in [4.69, 9.17) is 0 Å². The molecule has 23 heavy (non-hydrogen) atoms. The number of rotatable bonds is 3. The van der Waals surface area contributed by atoms with Gasteiger partial charge in [-0.25, -0.2) is 8.78 Å². The number of aromatic nitrogens is 2. The van der Waals surface area contributed by atoms with Crippen LogP contribution < -0.4 is 5.32 Å². The first-order valence-electron chi connectivity index (χ1n) is 7.41. The minimum atomic E-state index is -2.75. The zero-order chi connectivity index (χ0) is 14.9. The quantitative estimate of drug-likeness (QED) is 0.884. The van der Waals surface area contributed by atoms with Gasteiger partial charge in [0.1, 0.15) is 0 Å². The molecule has 0 radical (unpaired) electrons. The van der Waals surface area contributed by atoms with Crippen molar-refractivity contribution in [3.63, 3.8) is 0 Å². The summed E-state index contributed by atoms with van der Waals surface area (Å²) >= 11 is 0. The molecule has 1 aromatic rings. The topological polar surface area (TPSA) is 50.2 Å². The summed E-state index contributed by atoms with van der Waals surface area (Å²) in [5.74, 6) is -2.43. The van der Waals surface area contributed by atoms with Crippen LogP contribution in [0.1, 0.15) is 19.3 Å². The Morgan fingerprint density at radius 1 is 1.30 bits per heavy atom. The second-order valence-corrected chi connectivity index (χ2v) is 5.99. The Labute approximate surface area is 146 Å². The molecule has 0 spiro atoms. The van der Waals surface area contributed by atoms with E-state index >= 15 is 0 Å². The van der Waals surface area contributed by atoms with Gasteiger partial charge in [0.2, 0.25) is 5.91 Å². The Morgan fingerprint density at radius 3 is 2.52 bits per heavy atom. The van der Waals surface area contributed by atoms with Crippen molar-refractivity contribution >= 4 is 30.7 Å². The van der Waals surface area contributed by atoms with Gasteiger partial charge in [0.05, 0.1) is 12.6 Å². The van der Waals surface area contributed by atoms with Crippen molar-refractivity contribution in [1.29, 1.82) is 0 Å². The molecule has 2 saturated heterocycles. The molecule has 3 rings (SSSR count). The number of alkyl halides is 2. The Bertz CT molecular complexity index is 493. The van der Waals surface area contributed by atoms with Gasteiger partial charge < -0.3 is 4.90 Å². The molecule has 3 heterocycles. The summed E-state index contributed by atoms with van der Waals surface area (Å²) < 4.78 is 28.2. The second-order valence-electron chi connectivity index (χ2n) is 5.99. The van der Waals surface area contributed by atoms with Gasteiger partial charge in [-0.1, -0.05) is 0 Å². The zero-order valence-corrected chi connectivity index (χ0v) is 14.3. The van der Waals surface area contributed by atoms with Crippen LogP contribution in [-0.4, -0.2) is 52.2 Å². The fourth-order valence-electron chi connectivity index (χ4n) is 3.12. The molecule has 1 amide bonds. The predicted molar refractivity (Wildman–Crippen MR) is 87.4 cm³/mol. The minimum absolute atomic E-state index is 0. The van der Waals surface area contributed by atoms with Crippen LogP contribution in [0.4, 0.5) is 8.78 Å². The Morgan fingerprint density at radius 2 is 2.00 bits per heavy atom. The molecule has 0 aliphatic carbocycles. The summed E-state index contributed by atoms with van der Waals surface area (Å²) in [4.78, 5) is 13.9. The van der Waals surface area contributed by atoms with Gasteiger partial charge in [-0.3, -0.25) is 14.8 Å². The van der Waals surface area contributed by atoms with Crippen molar-refractivity contribution < 1.29 is 13.6 Å². The molecule has 2 aliphatic heterocycles. The van der Waals surface area contributed by atoms with Gasteiger partial charge in [0.25, 0.3) is 5.92 Å². The molecule has 0 bridgehead atoms. The van der Waals surface area contributed by atoms with Crippen LogP contribution in [0.15, 0.2) is 18.5 Å². The fourth-order valence-corrected chi connectivity index (χ4v) is 3.12. The van der Waals surface area contributed by atoms with Crippen LogP contribution in [0.3, 0.4) is 0 Å². The average molecular weight is 371 g/mol. The first-order valence-corrected chi connectivity index (χ1v) is 7.41. The third kappa shape index (κ3) is 5.02. The molecule has 2 aliphatic rings. The lowest BCUT2D eigenvalue weighted by atomic mass is 9.96. The molecular formula is C14H22Cl2F2N4O. The van der Waals surface area contributed by atoms with Crippen LogP contribution >= 0.6 is 24.8 Å². The van der Waals surface area contributed by atoms with E-state index in [9.17, 15) is 13.6 Å². The number of nitrogens with one attached hydrogen (secondary N) is 1. The maximum absolute atomic E-state index is 13.2. The lowest BCUT2D eigenvalue weighted by Crippen LogP contribution is -2.47. The van der Waals surface area contributed by atoms with Crippen molar-refractivity contribution in [3.8, 4) is 0 Å². The molecule has 2 fully saturated rings. The van der Waals surface area contributed by atoms with Gasteiger partial charge in [0, 0.05) is 38.4 Å². The molecular weight excluding hydrogens is 349 g/mol. The van der Waals surface area contributed by atoms with E-state index in [1.54, 1.807) is 11.1 Å². The molecule has 1 N–H and O–H groups in total. The van der Waals surface area contributed by atoms with Crippen LogP contribution in [-0.2, 0) is 11.3 Å². The van der Waals surface area contributed by atoms with E-state index in [0.29, 0.717) is 19.0 Å². The number of halogens is 4. The number of carbonyl (C=O) groups is 1. The second kappa shape index (κ2) is 8.26. The van der Waals surface area contributed by atoms with Crippen molar-refractivity contribution in [2.24, 2.45) is 5.92 Å². The largest absolute Gasteiger partial charge is 0.341 e. The fraction of sp³-hybridized carbons (Fsp3) is 0.714.